The third-order valence-corrected chi connectivity index (χ3v) is 4.02. The molecule has 1 aromatic carbocycles. The lowest BCUT2D eigenvalue weighted by Crippen LogP contribution is -2.51. The minimum atomic E-state index is -4.79. The van der Waals surface area contributed by atoms with E-state index in [0.29, 0.717) is 11.3 Å². The summed E-state index contributed by atoms with van der Waals surface area (Å²) in [4.78, 5) is 11.3. The summed E-state index contributed by atoms with van der Waals surface area (Å²) in [5, 5.41) is 11.7. The topological polar surface area (TPSA) is 58.6 Å². The van der Waals surface area contributed by atoms with Crippen LogP contribution in [0, 0.1) is 11.3 Å². The second-order valence-electron chi connectivity index (χ2n) is 5.15. The van der Waals surface area contributed by atoms with Crippen LogP contribution in [-0.4, -0.2) is 37.5 Å². The van der Waals surface area contributed by atoms with Crippen molar-refractivity contribution in [2.45, 2.75) is 12.6 Å². The van der Waals surface area contributed by atoms with E-state index in [1.165, 1.54) is 7.11 Å². The summed E-state index contributed by atoms with van der Waals surface area (Å²) < 4.78 is 44.9. The fourth-order valence-electron chi connectivity index (χ4n) is 2.76. The maximum atomic E-state index is 13.3. The van der Waals surface area contributed by atoms with Crippen molar-refractivity contribution < 1.29 is 27.8 Å². The fourth-order valence-corrected chi connectivity index (χ4v) is 2.76. The van der Waals surface area contributed by atoms with Crippen molar-refractivity contribution in [1.82, 2.24) is 5.32 Å². The molecule has 116 valence electrons. The zero-order valence-electron chi connectivity index (χ0n) is 11.4. The van der Waals surface area contributed by atoms with Crippen LogP contribution in [0.4, 0.5) is 13.2 Å². The van der Waals surface area contributed by atoms with Crippen molar-refractivity contribution in [2.75, 3.05) is 20.2 Å². The van der Waals surface area contributed by atoms with Gasteiger partial charge in [-0.1, -0.05) is 12.1 Å². The summed E-state index contributed by atoms with van der Waals surface area (Å²) in [5.74, 6) is -2.26. The zero-order valence-corrected chi connectivity index (χ0v) is 11.4. The van der Waals surface area contributed by atoms with Crippen molar-refractivity contribution >= 4 is 5.97 Å². The van der Waals surface area contributed by atoms with Gasteiger partial charge in [-0.05, 0) is 30.7 Å². The van der Waals surface area contributed by atoms with Gasteiger partial charge in [0.2, 0.25) is 0 Å². The molecule has 1 aromatic rings. The van der Waals surface area contributed by atoms with Crippen molar-refractivity contribution in [3.63, 3.8) is 0 Å². The van der Waals surface area contributed by atoms with Gasteiger partial charge in [-0.2, -0.15) is 13.2 Å². The third-order valence-electron chi connectivity index (χ3n) is 4.02. The van der Waals surface area contributed by atoms with Crippen molar-refractivity contribution in [2.24, 2.45) is 11.3 Å². The van der Waals surface area contributed by atoms with Crippen molar-refractivity contribution in [1.29, 1.82) is 0 Å². The smallest absolute Gasteiger partial charge is 0.406 e. The molecule has 2 N–H and O–H groups in total. The Balaban J connectivity index is 2.26. The molecule has 4 nitrogen and oxygen atoms in total. The molecule has 1 aliphatic heterocycles. The Kier molecular flexibility index (Phi) is 4.13. The Hall–Kier alpha value is -1.76. The minimum absolute atomic E-state index is 0.0256. The molecule has 0 amide bonds. The highest BCUT2D eigenvalue weighted by molar-refractivity contribution is 5.77. The first kappa shape index (κ1) is 15.6. The van der Waals surface area contributed by atoms with Gasteiger partial charge in [-0.3, -0.25) is 4.79 Å². The normalized spacial score (nSPS) is 25.8. The van der Waals surface area contributed by atoms with Gasteiger partial charge in [-0.15, -0.1) is 0 Å². The first-order valence-electron chi connectivity index (χ1n) is 6.45. The number of carbonyl (C=O) groups is 1. The van der Waals surface area contributed by atoms with Gasteiger partial charge in [0.05, 0.1) is 7.11 Å². The van der Waals surface area contributed by atoms with Gasteiger partial charge in [0.1, 0.15) is 5.75 Å². The second-order valence-corrected chi connectivity index (χ2v) is 5.15. The summed E-state index contributed by atoms with van der Waals surface area (Å²) in [6, 6.07) is 6.60. The number of rotatable bonds is 4. The minimum Gasteiger partial charge on any atom is -0.497 e. The molecule has 0 saturated carbocycles. The molecular formula is C14H16F3NO3. The van der Waals surface area contributed by atoms with Crippen LogP contribution in [0.1, 0.15) is 5.56 Å². The maximum Gasteiger partial charge on any atom is 0.406 e. The largest absolute Gasteiger partial charge is 0.497 e. The Morgan fingerprint density at radius 3 is 2.52 bits per heavy atom. The van der Waals surface area contributed by atoms with Gasteiger partial charge in [0, 0.05) is 12.5 Å². The molecule has 0 radical (unpaired) electrons. The number of carboxylic acid groups (broad SMARTS) is 1. The molecule has 0 aliphatic carbocycles. The van der Waals surface area contributed by atoms with Crippen LogP contribution >= 0.6 is 0 Å². The number of ether oxygens (including phenoxy) is 1. The van der Waals surface area contributed by atoms with Gasteiger partial charge >= 0.3 is 12.1 Å². The molecule has 2 rings (SSSR count). The SMILES string of the molecule is COc1ccc(C[C@H]2CNC[C@]2(C(=O)O)C(F)(F)F)cc1. The Morgan fingerprint density at radius 1 is 1.43 bits per heavy atom. The quantitative estimate of drug-likeness (QED) is 0.894. The number of carboxylic acids is 1. The van der Waals surface area contributed by atoms with E-state index in [2.05, 4.69) is 5.32 Å². The molecule has 0 spiro atoms. The highest BCUT2D eigenvalue weighted by Gasteiger charge is 2.66. The molecule has 0 unspecified atom stereocenters. The van der Waals surface area contributed by atoms with E-state index in [9.17, 15) is 18.0 Å². The lowest BCUT2D eigenvalue weighted by Gasteiger charge is -2.32. The monoisotopic (exact) mass is 303 g/mol. The Morgan fingerprint density at radius 2 is 2.05 bits per heavy atom. The fraction of sp³-hybridized carbons (Fsp3) is 0.500. The summed E-state index contributed by atoms with van der Waals surface area (Å²) in [6.07, 6.45) is -4.75. The van der Waals surface area contributed by atoms with Crippen LogP contribution < -0.4 is 10.1 Å². The van der Waals surface area contributed by atoms with Crippen LogP contribution in [0.5, 0.6) is 5.75 Å². The Labute approximate surface area is 119 Å². The third kappa shape index (κ3) is 2.70. The van der Waals surface area contributed by atoms with Crippen molar-refractivity contribution in [3.05, 3.63) is 29.8 Å². The van der Waals surface area contributed by atoms with Crippen LogP contribution in [0.3, 0.4) is 0 Å². The number of hydrogen-bond donors (Lipinski definition) is 2. The molecule has 1 fully saturated rings. The highest BCUT2D eigenvalue weighted by atomic mass is 19.4. The summed E-state index contributed by atoms with van der Waals surface area (Å²) in [7, 11) is 1.50. The van der Waals surface area contributed by atoms with Crippen LogP contribution in [0.25, 0.3) is 0 Å². The predicted molar refractivity (Wildman–Crippen MR) is 69.2 cm³/mol. The standard InChI is InChI=1S/C14H16F3NO3/c1-21-11-4-2-9(3-5-11)6-10-7-18-8-13(10,12(19)20)14(15,16)17/h2-5,10,18H,6-8H2,1H3,(H,19,20)/t10-,13-/m0/s1. The Bertz CT molecular complexity index is 515. The van der Waals surface area contributed by atoms with E-state index in [4.69, 9.17) is 9.84 Å². The second kappa shape index (κ2) is 5.55. The van der Waals surface area contributed by atoms with Gasteiger partial charge in [-0.25, -0.2) is 0 Å². The summed E-state index contributed by atoms with van der Waals surface area (Å²) in [5.41, 5.74) is -2.08. The molecule has 0 aromatic heterocycles. The van der Waals surface area contributed by atoms with Crippen LogP contribution in [0.2, 0.25) is 0 Å². The first-order valence-corrected chi connectivity index (χ1v) is 6.45. The molecule has 21 heavy (non-hydrogen) atoms. The van der Waals surface area contributed by atoms with Gasteiger partial charge in [0.15, 0.2) is 5.41 Å². The lowest BCUT2D eigenvalue weighted by molar-refractivity contribution is -0.236. The van der Waals surface area contributed by atoms with Crippen LogP contribution in [0.15, 0.2) is 24.3 Å². The number of hydrogen-bond acceptors (Lipinski definition) is 3. The maximum absolute atomic E-state index is 13.3. The number of aliphatic carboxylic acids is 1. The molecule has 2 atom stereocenters. The number of benzene rings is 1. The number of nitrogens with one attached hydrogen (secondary N) is 1. The van der Waals surface area contributed by atoms with E-state index in [0.717, 1.165) is 0 Å². The number of alkyl halides is 3. The molecule has 1 heterocycles. The lowest BCUT2D eigenvalue weighted by atomic mass is 9.74. The zero-order chi connectivity index (χ0) is 15.7. The van der Waals surface area contributed by atoms with E-state index in [1.807, 2.05) is 0 Å². The van der Waals surface area contributed by atoms with Crippen LogP contribution in [-0.2, 0) is 11.2 Å². The molecule has 7 heteroatoms. The predicted octanol–water partition coefficient (Wildman–Crippen LogP) is 2.09. The number of halogens is 3. The van der Waals surface area contributed by atoms with Gasteiger partial charge < -0.3 is 15.2 Å². The number of methoxy groups -OCH3 is 1. The van der Waals surface area contributed by atoms with E-state index in [1.54, 1.807) is 24.3 Å². The van der Waals surface area contributed by atoms with Gasteiger partial charge in [0.25, 0.3) is 0 Å². The first-order chi connectivity index (χ1) is 9.81. The highest BCUT2D eigenvalue weighted by Crippen LogP contribution is 2.47. The molecule has 1 aliphatic rings. The summed E-state index contributed by atoms with van der Waals surface area (Å²) >= 11 is 0. The van der Waals surface area contributed by atoms with E-state index in [-0.39, 0.29) is 13.0 Å². The van der Waals surface area contributed by atoms with Crippen molar-refractivity contribution in [3.8, 4) is 5.75 Å². The average molecular weight is 303 g/mol. The molecule has 0 bridgehead atoms. The summed E-state index contributed by atoms with van der Waals surface area (Å²) in [6.45, 7) is -0.565. The van der Waals surface area contributed by atoms with E-state index >= 15 is 0 Å². The average Bonchev–Trinajstić information content (AvgIpc) is 2.84. The molecule has 1 saturated heterocycles. The molecular weight excluding hydrogens is 287 g/mol. The van der Waals surface area contributed by atoms with E-state index < -0.39 is 30.0 Å².